The summed E-state index contributed by atoms with van der Waals surface area (Å²) < 4.78 is 0. The Morgan fingerprint density at radius 1 is 0.962 bits per heavy atom. The highest BCUT2D eigenvalue weighted by molar-refractivity contribution is 5.98. The number of hydrogen-bond donors (Lipinski definition) is 2. The second kappa shape index (κ2) is 7.30. The molecule has 4 rings (SSSR count). The van der Waals surface area contributed by atoms with Gasteiger partial charge in [0, 0.05) is 11.6 Å². The van der Waals surface area contributed by atoms with Crippen LogP contribution in [0.15, 0.2) is 60.7 Å². The molecular weight excluding hydrogens is 326 g/mol. The average molecular weight is 349 g/mol. The Morgan fingerprint density at radius 2 is 1.58 bits per heavy atom. The maximum atomic E-state index is 12.7. The standard InChI is InChI=1S/C21H23N3O2/c25-20(16-11-5-2-6-12-16)22-18-19(15-9-3-1-4-10-15)24(23-21(18)26)17-13-7-8-14-17/h1-6,9-12,17-19H,7-8,13-14H2,(H,22,25)(H,23,26)/t18-,19-/m1/s1. The van der Waals surface area contributed by atoms with Gasteiger partial charge in [0.2, 0.25) is 0 Å². The van der Waals surface area contributed by atoms with Gasteiger partial charge in [-0.1, -0.05) is 61.4 Å². The van der Waals surface area contributed by atoms with Crippen molar-refractivity contribution >= 4 is 11.8 Å². The largest absolute Gasteiger partial charge is 0.338 e. The van der Waals surface area contributed by atoms with Crippen LogP contribution in [-0.4, -0.2) is 28.9 Å². The lowest BCUT2D eigenvalue weighted by Gasteiger charge is -2.31. The Balaban J connectivity index is 1.62. The van der Waals surface area contributed by atoms with E-state index in [0.29, 0.717) is 11.6 Å². The molecule has 0 radical (unpaired) electrons. The van der Waals surface area contributed by atoms with E-state index in [9.17, 15) is 9.59 Å². The zero-order valence-electron chi connectivity index (χ0n) is 14.6. The lowest BCUT2D eigenvalue weighted by Crippen LogP contribution is -2.44. The predicted molar refractivity (Wildman–Crippen MR) is 99.1 cm³/mol. The molecule has 0 spiro atoms. The molecule has 2 fully saturated rings. The van der Waals surface area contributed by atoms with Crippen molar-refractivity contribution in [2.75, 3.05) is 0 Å². The topological polar surface area (TPSA) is 61.4 Å². The first kappa shape index (κ1) is 16.8. The Bertz CT molecular complexity index is 772. The van der Waals surface area contributed by atoms with Gasteiger partial charge in [0.1, 0.15) is 6.04 Å². The average Bonchev–Trinajstić information content (AvgIpc) is 3.32. The normalized spacial score (nSPS) is 23.8. The molecule has 1 aliphatic carbocycles. The van der Waals surface area contributed by atoms with E-state index in [4.69, 9.17) is 0 Å². The van der Waals surface area contributed by atoms with Crippen molar-refractivity contribution in [2.24, 2.45) is 0 Å². The molecule has 2 aromatic rings. The molecule has 5 heteroatoms. The molecule has 2 aliphatic rings. The number of nitrogens with one attached hydrogen (secondary N) is 2. The summed E-state index contributed by atoms with van der Waals surface area (Å²) in [5.41, 5.74) is 4.63. The third kappa shape index (κ3) is 3.22. The van der Waals surface area contributed by atoms with E-state index in [1.54, 1.807) is 12.1 Å². The number of nitrogens with zero attached hydrogens (tertiary/aromatic N) is 1. The van der Waals surface area contributed by atoms with Crippen molar-refractivity contribution in [3.63, 3.8) is 0 Å². The molecule has 0 unspecified atom stereocenters. The van der Waals surface area contributed by atoms with Gasteiger partial charge >= 0.3 is 0 Å². The summed E-state index contributed by atoms with van der Waals surface area (Å²) in [5.74, 6) is -0.366. The molecule has 1 saturated heterocycles. The number of carbonyl (C=O) groups is 2. The zero-order chi connectivity index (χ0) is 17.9. The van der Waals surface area contributed by atoms with Gasteiger partial charge in [-0.25, -0.2) is 5.01 Å². The number of benzene rings is 2. The van der Waals surface area contributed by atoms with Crippen LogP contribution in [0.1, 0.15) is 47.6 Å². The van der Waals surface area contributed by atoms with Crippen molar-refractivity contribution in [1.29, 1.82) is 0 Å². The van der Waals surface area contributed by atoms with E-state index in [2.05, 4.69) is 15.8 Å². The monoisotopic (exact) mass is 349 g/mol. The molecule has 0 aromatic heterocycles. The van der Waals surface area contributed by atoms with E-state index in [0.717, 1.165) is 18.4 Å². The summed E-state index contributed by atoms with van der Waals surface area (Å²) in [4.78, 5) is 25.4. The Morgan fingerprint density at radius 3 is 2.23 bits per heavy atom. The molecule has 2 amide bonds. The second-order valence-corrected chi connectivity index (χ2v) is 6.99. The Labute approximate surface area is 153 Å². The van der Waals surface area contributed by atoms with Gasteiger partial charge in [-0.05, 0) is 30.5 Å². The fourth-order valence-corrected chi connectivity index (χ4v) is 4.03. The lowest BCUT2D eigenvalue weighted by molar-refractivity contribution is -0.122. The minimum Gasteiger partial charge on any atom is -0.338 e. The van der Waals surface area contributed by atoms with E-state index >= 15 is 0 Å². The number of amides is 2. The van der Waals surface area contributed by atoms with Gasteiger partial charge in [0.05, 0.1) is 6.04 Å². The molecule has 1 heterocycles. The van der Waals surface area contributed by atoms with Gasteiger partial charge in [-0.15, -0.1) is 0 Å². The van der Waals surface area contributed by atoms with E-state index in [1.165, 1.54) is 12.8 Å². The summed E-state index contributed by atoms with van der Waals surface area (Å²) in [5, 5.41) is 5.02. The SMILES string of the molecule is O=C(N[C@H]1C(=O)NN(C2CCCC2)[C@@H]1c1ccccc1)c1ccccc1. The van der Waals surface area contributed by atoms with Crippen LogP contribution in [0.25, 0.3) is 0 Å². The molecule has 0 bridgehead atoms. The molecule has 2 aromatic carbocycles. The minimum absolute atomic E-state index is 0.143. The molecular formula is C21H23N3O2. The van der Waals surface area contributed by atoms with Crippen LogP contribution < -0.4 is 10.7 Å². The molecule has 5 nitrogen and oxygen atoms in total. The summed E-state index contributed by atoms with van der Waals surface area (Å²) in [6.45, 7) is 0. The van der Waals surface area contributed by atoms with Gasteiger partial charge in [0.25, 0.3) is 11.8 Å². The summed E-state index contributed by atoms with van der Waals surface area (Å²) in [7, 11) is 0. The summed E-state index contributed by atoms with van der Waals surface area (Å²) in [6.07, 6.45) is 4.51. The van der Waals surface area contributed by atoms with Crippen molar-refractivity contribution in [3.05, 3.63) is 71.8 Å². The molecule has 1 saturated carbocycles. The highest BCUT2D eigenvalue weighted by Gasteiger charge is 2.45. The lowest BCUT2D eigenvalue weighted by atomic mass is 9.98. The summed E-state index contributed by atoms with van der Waals surface area (Å²) >= 11 is 0. The maximum absolute atomic E-state index is 12.7. The van der Waals surface area contributed by atoms with E-state index in [-0.39, 0.29) is 17.9 Å². The predicted octanol–water partition coefficient (Wildman–Crippen LogP) is 2.82. The summed E-state index contributed by atoms with van der Waals surface area (Å²) in [6, 6.07) is 18.5. The third-order valence-corrected chi connectivity index (χ3v) is 5.32. The van der Waals surface area contributed by atoms with Crippen LogP contribution >= 0.6 is 0 Å². The molecule has 26 heavy (non-hydrogen) atoms. The number of hydrogen-bond acceptors (Lipinski definition) is 3. The van der Waals surface area contributed by atoms with Crippen LogP contribution in [0, 0.1) is 0 Å². The smallest absolute Gasteiger partial charge is 0.258 e. The quantitative estimate of drug-likeness (QED) is 0.892. The molecule has 2 N–H and O–H groups in total. The zero-order valence-corrected chi connectivity index (χ0v) is 14.6. The number of rotatable bonds is 4. The Kier molecular flexibility index (Phi) is 4.71. The highest BCUT2D eigenvalue weighted by Crippen LogP contribution is 2.35. The van der Waals surface area contributed by atoms with Crippen molar-refractivity contribution in [1.82, 2.24) is 15.8 Å². The van der Waals surface area contributed by atoms with Crippen molar-refractivity contribution in [3.8, 4) is 0 Å². The fourth-order valence-electron chi connectivity index (χ4n) is 4.03. The van der Waals surface area contributed by atoms with Crippen LogP contribution in [0.4, 0.5) is 0 Å². The fraction of sp³-hybridized carbons (Fsp3) is 0.333. The number of carbonyl (C=O) groups excluding carboxylic acids is 2. The molecule has 1 aliphatic heterocycles. The van der Waals surface area contributed by atoms with Crippen LogP contribution in [0.2, 0.25) is 0 Å². The van der Waals surface area contributed by atoms with Gasteiger partial charge in [-0.2, -0.15) is 0 Å². The van der Waals surface area contributed by atoms with E-state index in [1.807, 2.05) is 48.5 Å². The first-order valence-electron chi connectivity index (χ1n) is 9.24. The Hall–Kier alpha value is -2.66. The van der Waals surface area contributed by atoms with Crippen molar-refractivity contribution in [2.45, 2.75) is 43.8 Å². The third-order valence-electron chi connectivity index (χ3n) is 5.32. The molecule has 134 valence electrons. The second-order valence-electron chi connectivity index (χ2n) is 6.99. The van der Waals surface area contributed by atoms with Crippen LogP contribution in [0.5, 0.6) is 0 Å². The van der Waals surface area contributed by atoms with Gasteiger partial charge < -0.3 is 5.32 Å². The van der Waals surface area contributed by atoms with Crippen LogP contribution in [0.3, 0.4) is 0 Å². The first-order chi connectivity index (χ1) is 12.7. The van der Waals surface area contributed by atoms with Gasteiger partial charge in [-0.3, -0.25) is 15.0 Å². The van der Waals surface area contributed by atoms with Crippen LogP contribution in [-0.2, 0) is 4.79 Å². The van der Waals surface area contributed by atoms with Crippen molar-refractivity contribution < 1.29 is 9.59 Å². The minimum atomic E-state index is -0.606. The van der Waals surface area contributed by atoms with E-state index < -0.39 is 6.04 Å². The first-order valence-corrected chi connectivity index (χ1v) is 9.24. The van der Waals surface area contributed by atoms with Gasteiger partial charge in [0.15, 0.2) is 0 Å². The highest BCUT2D eigenvalue weighted by atomic mass is 16.2. The maximum Gasteiger partial charge on any atom is 0.258 e. The number of hydrazine groups is 1. The molecule has 2 atom stereocenters.